The van der Waals surface area contributed by atoms with Crippen LogP contribution >= 0.6 is 11.6 Å². The molecule has 2 saturated heterocycles. The molecule has 0 saturated carbocycles. The predicted octanol–water partition coefficient (Wildman–Crippen LogP) is 4.17. The van der Waals surface area contributed by atoms with Gasteiger partial charge in [-0.15, -0.1) is 0 Å². The van der Waals surface area contributed by atoms with Gasteiger partial charge in [-0.1, -0.05) is 50.6 Å². The van der Waals surface area contributed by atoms with Crippen LogP contribution in [0.1, 0.15) is 62.4 Å². The van der Waals surface area contributed by atoms with Crippen LogP contribution in [0.4, 0.5) is 4.39 Å². The second kappa shape index (κ2) is 13.8. The Morgan fingerprint density at radius 1 is 1.11 bits per heavy atom. The maximum absolute atomic E-state index is 14.1. The van der Waals surface area contributed by atoms with E-state index >= 15 is 0 Å². The molecule has 0 aliphatic carbocycles. The Labute approximate surface area is 263 Å². The van der Waals surface area contributed by atoms with Crippen molar-refractivity contribution < 1.29 is 28.2 Å². The van der Waals surface area contributed by atoms with E-state index < -0.39 is 18.0 Å². The zero-order valence-corrected chi connectivity index (χ0v) is 26.4. The van der Waals surface area contributed by atoms with Gasteiger partial charge in [0.2, 0.25) is 11.8 Å². The number of halogens is 2. The molecule has 0 aromatic heterocycles. The van der Waals surface area contributed by atoms with Gasteiger partial charge in [-0.2, -0.15) is 0 Å². The lowest BCUT2D eigenvalue weighted by Gasteiger charge is -2.42. The van der Waals surface area contributed by atoms with Gasteiger partial charge in [0, 0.05) is 45.6 Å². The lowest BCUT2D eigenvalue weighted by atomic mass is 9.91. The molecule has 0 spiro atoms. The lowest BCUT2D eigenvalue weighted by molar-refractivity contribution is -0.131. The molecular weight excluding hydrogens is 587 g/mol. The third-order valence-electron chi connectivity index (χ3n) is 8.36. The molecule has 0 radical (unpaired) electrons. The van der Waals surface area contributed by atoms with E-state index in [0.717, 1.165) is 18.4 Å². The summed E-state index contributed by atoms with van der Waals surface area (Å²) in [6, 6.07) is 10.7. The van der Waals surface area contributed by atoms with E-state index in [4.69, 9.17) is 21.1 Å². The van der Waals surface area contributed by atoms with Crippen LogP contribution in [0.3, 0.4) is 0 Å². The average molecular weight is 629 g/mol. The largest absolute Gasteiger partial charge is 0.493 e. The van der Waals surface area contributed by atoms with Crippen LogP contribution in [0, 0.1) is 11.2 Å². The van der Waals surface area contributed by atoms with Gasteiger partial charge in [0.05, 0.1) is 35.4 Å². The van der Waals surface area contributed by atoms with Gasteiger partial charge in [0.1, 0.15) is 17.6 Å². The number of hydrogen-bond acceptors (Lipinski definition) is 6. The summed E-state index contributed by atoms with van der Waals surface area (Å²) in [6.45, 7) is 8.06. The zero-order chi connectivity index (χ0) is 31.4. The van der Waals surface area contributed by atoms with E-state index in [1.165, 1.54) is 12.1 Å². The Bertz CT molecular complexity index is 1370. The van der Waals surface area contributed by atoms with E-state index in [2.05, 4.69) is 10.6 Å². The van der Waals surface area contributed by atoms with Crippen LogP contribution in [0.2, 0.25) is 5.02 Å². The van der Waals surface area contributed by atoms with Crippen LogP contribution in [-0.4, -0.2) is 84.6 Å². The Morgan fingerprint density at radius 3 is 2.68 bits per heavy atom. The monoisotopic (exact) mass is 628 g/mol. The molecule has 3 aliphatic rings. The predicted molar refractivity (Wildman–Crippen MR) is 165 cm³/mol. The number of carbonyl (C=O) groups is 3. The van der Waals surface area contributed by atoms with Crippen molar-refractivity contribution in [3.63, 3.8) is 0 Å². The van der Waals surface area contributed by atoms with Crippen LogP contribution in [0.5, 0.6) is 5.75 Å². The second-order valence-corrected chi connectivity index (χ2v) is 13.6. The average Bonchev–Trinajstić information content (AvgIpc) is 2.97. The number of nitrogens with zero attached hydrogens (tertiary/aromatic N) is 2. The summed E-state index contributed by atoms with van der Waals surface area (Å²) < 4.78 is 26.7. The van der Waals surface area contributed by atoms with E-state index in [-0.39, 0.29) is 53.4 Å². The Balaban J connectivity index is 1.38. The first kappa shape index (κ1) is 32.2. The van der Waals surface area contributed by atoms with Crippen LogP contribution in [0.25, 0.3) is 0 Å². The normalized spacial score (nSPS) is 25.2. The molecular formula is C33H42ClFN4O5. The number of ether oxygens (including phenoxy) is 2. The van der Waals surface area contributed by atoms with Crippen LogP contribution in [0.15, 0.2) is 42.5 Å². The quantitative estimate of drug-likeness (QED) is 0.527. The summed E-state index contributed by atoms with van der Waals surface area (Å²) in [5, 5.41) is 6.24. The fourth-order valence-electron chi connectivity index (χ4n) is 6.16. The van der Waals surface area contributed by atoms with Gasteiger partial charge in [0.25, 0.3) is 5.91 Å². The van der Waals surface area contributed by atoms with Crippen molar-refractivity contribution in [2.24, 2.45) is 5.41 Å². The molecule has 2 aromatic carbocycles. The highest BCUT2D eigenvalue weighted by molar-refractivity contribution is 6.30. The molecule has 3 aliphatic heterocycles. The number of para-hydroxylation sites is 1. The first-order chi connectivity index (χ1) is 21.0. The summed E-state index contributed by atoms with van der Waals surface area (Å²) >= 11 is 5.87. The molecule has 0 unspecified atom stereocenters. The lowest BCUT2D eigenvalue weighted by Crippen LogP contribution is -2.62. The topological polar surface area (TPSA) is 100 Å². The maximum Gasteiger partial charge on any atom is 0.258 e. The third kappa shape index (κ3) is 8.08. The molecule has 5 rings (SSSR count). The second-order valence-electron chi connectivity index (χ2n) is 13.2. The number of rotatable bonds is 4. The number of fused-ring (bicyclic) bond motifs is 4. The molecule has 9 nitrogen and oxygen atoms in total. The first-order valence-corrected chi connectivity index (χ1v) is 15.8. The number of piperazine rings is 1. The Morgan fingerprint density at radius 2 is 1.91 bits per heavy atom. The van der Waals surface area contributed by atoms with Crippen molar-refractivity contribution in [3.8, 4) is 5.75 Å². The van der Waals surface area contributed by atoms with E-state index in [0.29, 0.717) is 50.4 Å². The third-order valence-corrected chi connectivity index (χ3v) is 8.67. The minimum absolute atomic E-state index is 0.0476. The number of amides is 3. The van der Waals surface area contributed by atoms with Crippen molar-refractivity contribution in [2.45, 2.75) is 77.3 Å². The molecule has 3 heterocycles. The van der Waals surface area contributed by atoms with Gasteiger partial charge in [-0.3, -0.25) is 19.3 Å². The van der Waals surface area contributed by atoms with Gasteiger partial charge in [-0.25, -0.2) is 4.39 Å². The van der Waals surface area contributed by atoms with Gasteiger partial charge < -0.3 is 25.0 Å². The summed E-state index contributed by atoms with van der Waals surface area (Å²) in [5.74, 6) is -0.675. The van der Waals surface area contributed by atoms with Crippen molar-refractivity contribution in [2.75, 3.05) is 32.8 Å². The minimum Gasteiger partial charge on any atom is -0.493 e. The van der Waals surface area contributed by atoms with E-state index in [9.17, 15) is 18.8 Å². The molecule has 2 aromatic rings. The van der Waals surface area contributed by atoms with Crippen molar-refractivity contribution in [1.29, 1.82) is 0 Å². The first-order valence-electron chi connectivity index (χ1n) is 15.4. The van der Waals surface area contributed by atoms with Crippen molar-refractivity contribution >= 4 is 29.3 Å². The highest BCUT2D eigenvalue weighted by Crippen LogP contribution is 2.27. The summed E-state index contributed by atoms with van der Waals surface area (Å²) in [7, 11) is 0. The standard InChI is InChI=1S/C33H42ClFN4O5/c1-33(2,3)17-30(40)37-26-11-9-22-12-15-43-28-7-5-4-6-23(28)32(42)39-14-13-38(19-21-8-10-24(34)25(35)16-21)20-27(39)31(41)36-18-29(26)44-22/h4-8,10,16,22,26-27,29H,9,11-15,17-20H2,1-3H3,(H,36,41)(H,37,40)/t22-,26+,27-,29+/m0/s1. The smallest absolute Gasteiger partial charge is 0.258 e. The van der Waals surface area contributed by atoms with Crippen molar-refractivity contribution in [1.82, 2.24) is 20.4 Å². The molecule has 44 heavy (non-hydrogen) atoms. The van der Waals surface area contributed by atoms with Gasteiger partial charge in [0.15, 0.2) is 0 Å². The molecule has 2 N–H and O–H groups in total. The minimum atomic E-state index is -0.808. The molecule has 4 atom stereocenters. The molecule has 11 heteroatoms. The SMILES string of the molecule is CC(C)(C)CC(=O)N[C@@H]1CC[C@H]2CCOc3ccccc3C(=O)N3CCN(Cc4ccc(Cl)c(F)c4)C[C@H]3C(=O)NC[C@H]1O2. The summed E-state index contributed by atoms with van der Waals surface area (Å²) in [4.78, 5) is 44.2. The number of carbonyl (C=O) groups excluding carboxylic acids is 3. The Kier molecular flexibility index (Phi) is 10.1. The van der Waals surface area contributed by atoms with Gasteiger partial charge in [-0.05, 0) is 48.1 Å². The maximum atomic E-state index is 14.1. The number of benzene rings is 2. The zero-order valence-electron chi connectivity index (χ0n) is 25.6. The highest BCUT2D eigenvalue weighted by Gasteiger charge is 2.39. The molecule has 238 valence electrons. The van der Waals surface area contributed by atoms with E-state index in [1.54, 1.807) is 29.2 Å². The van der Waals surface area contributed by atoms with E-state index in [1.807, 2.05) is 31.7 Å². The molecule has 2 bridgehead atoms. The number of nitrogens with one attached hydrogen (secondary N) is 2. The van der Waals surface area contributed by atoms with Gasteiger partial charge >= 0.3 is 0 Å². The Hall–Kier alpha value is -3.21. The summed E-state index contributed by atoms with van der Waals surface area (Å²) in [6.07, 6.45) is 1.91. The van der Waals surface area contributed by atoms with Crippen LogP contribution < -0.4 is 15.4 Å². The fraction of sp³-hybridized carbons (Fsp3) is 0.545. The van der Waals surface area contributed by atoms with Crippen LogP contribution in [-0.2, 0) is 20.9 Å². The summed E-state index contributed by atoms with van der Waals surface area (Å²) in [5.41, 5.74) is 0.968. The fourth-order valence-corrected chi connectivity index (χ4v) is 6.28. The number of hydrogen-bond donors (Lipinski definition) is 2. The molecule has 3 amide bonds. The highest BCUT2D eigenvalue weighted by atomic mass is 35.5. The molecule has 2 fully saturated rings. The van der Waals surface area contributed by atoms with Crippen molar-refractivity contribution in [3.05, 3.63) is 64.4 Å².